The molecule has 0 unspecified atom stereocenters. The average Bonchev–Trinajstić information content (AvgIpc) is 3.23. The summed E-state index contributed by atoms with van der Waals surface area (Å²) in [6.45, 7) is 5.00. The maximum atomic E-state index is 12.9. The fourth-order valence-electron chi connectivity index (χ4n) is 3.69. The minimum absolute atomic E-state index is 0.0256. The topological polar surface area (TPSA) is 54.9 Å². The van der Waals surface area contributed by atoms with Gasteiger partial charge in [0.2, 0.25) is 6.10 Å². The summed E-state index contributed by atoms with van der Waals surface area (Å²) in [5.41, 5.74) is 2.08. The van der Waals surface area contributed by atoms with Gasteiger partial charge in [0.1, 0.15) is 6.61 Å². The van der Waals surface area contributed by atoms with E-state index in [1.165, 1.54) is 0 Å². The molecule has 1 amide bonds. The monoisotopic (exact) mass is 429 g/mol. The second-order valence-corrected chi connectivity index (χ2v) is 8.60. The summed E-state index contributed by atoms with van der Waals surface area (Å²) in [6.07, 6.45) is -0.597. The van der Waals surface area contributed by atoms with Crippen molar-refractivity contribution in [3.05, 3.63) is 47.0 Å². The van der Waals surface area contributed by atoms with Crippen LogP contribution in [0.2, 0.25) is 5.02 Å². The summed E-state index contributed by atoms with van der Waals surface area (Å²) in [5, 5.41) is 1.69. The van der Waals surface area contributed by atoms with E-state index in [0.29, 0.717) is 24.6 Å². The van der Waals surface area contributed by atoms with Crippen molar-refractivity contribution in [2.24, 2.45) is 0 Å². The Hall–Kier alpha value is -2.51. The first-order valence-corrected chi connectivity index (χ1v) is 10.8. The molecular weight excluding hydrogens is 410 g/mol. The molecule has 0 saturated carbocycles. The van der Waals surface area contributed by atoms with E-state index in [2.05, 4.69) is 4.90 Å². The number of carbonyl (C=O) groups excluding carboxylic acids is 1. The van der Waals surface area contributed by atoms with Crippen LogP contribution < -0.4 is 14.4 Å². The number of benzene rings is 2. The summed E-state index contributed by atoms with van der Waals surface area (Å²) < 4.78 is 12.6. The third-order valence-corrected chi connectivity index (χ3v) is 6.91. The van der Waals surface area contributed by atoms with Crippen molar-refractivity contribution < 1.29 is 14.3 Å². The first-order chi connectivity index (χ1) is 14.1. The number of thiazole rings is 1. The highest BCUT2D eigenvalue weighted by molar-refractivity contribution is 7.22. The van der Waals surface area contributed by atoms with Gasteiger partial charge < -0.3 is 19.3 Å². The summed E-state index contributed by atoms with van der Waals surface area (Å²) in [5.74, 6) is 1.28. The Bertz CT molecular complexity index is 1040. The molecule has 0 radical (unpaired) electrons. The van der Waals surface area contributed by atoms with Gasteiger partial charge >= 0.3 is 0 Å². The molecule has 0 N–H and O–H groups in total. The average molecular weight is 430 g/mol. The molecule has 8 heteroatoms. The number of aromatic nitrogens is 1. The van der Waals surface area contributed by atoms with Gasteiger partial charge in [-0.3, -0.25) is 4.79 Å². The van der Waals surface area contributed by atoms with Crippen molar-refractivity contribution in [1.82, 2.24) is 9.88 Å². The largest absolute Gasteiger partial charge is 0.485 e. The van der Waals surface area contributed by atoms with Gasteiger partial charge in [-0.2, -0.15) is 0 Å². The molecule has 29 heavy (non-hydrogen) atoms. The van der Waals surface area contributed by atoms with Crippen molar-refractivity contribution >= 4 is 44.2 Å². The van der Waals surface area contributed by atoms with Gasteiger partial charge in [-0.1, -0.05) is 41.1 Å². The lowest BCUT2D eigenvalue weighted by Gasteiger charge is -2.37. The number of hydrogen-bond acceptors (Lipinski definition) is 6. The van der Waals surface area contributed by atoms with E-state index in [1.54, 1.807) is 11.3 Å². The molecule has 0 bridgehead atoms. The Morgan fingerprint density at radius 2 is 1.90 bits per heavy atom. The van der Waals surface area contributed by atoms with Crippen LogP contribution in [0.15, 0.2) is 36.4 Å². The standard InChI is InChI=1S/C21H20ClN3O3S/c1-13-6-7-14(22)19-18(13)23-21(29-19)25-10-8-24(9-11-25)20(26)17-12-27-15-4-2-3-5-16(15)28-17/h2-7,17H,8-12H2,1H3/t17-/m1/s1. The molecule has 3 heterocycles. The highest BCUT2D eigenvalue weighted by atomic mass is 35.5. The summed E-state index contributed by atoms with van der Waals surface area (Å²) in [4.78, 5) is 21.8. The molecule has 6 nitrogen and oxygen atoms in total. The Balaban J connectivity index is 1.26. The smallest absolute Gasteiger partial charge is 0.267 e. The summed E-state index contributed by atoms with van der Waals surface area (Å²) in [7, 11) is 0. The number of amides is 1. The third-order valence-electron chi connectivity index (χ3n) is 5.33. The maximum absolute atomic E-state index is 12.9. The van der Waals surface area contributed by atoms with Crippen molar-refractivity contribution in [2.45, 2.75) is 13.0 Å². The number of anilines is 1. The van der Waals surface area contributed by atoms with E-state index >= 15 is 0 Å². The first kappa shape index (κ1) is 18.5. The molecular formula is C21H20ClN3O3S. The maximum Gasteiger partial charge on any atom is 0.267 e. The van der Waals surface area contributed by atoms with Gasteiger partial charge in [0.05, 0.1) is 15.2 Å². The number of carbonyl (C=O) groups is 1. The number of nitrogens with zero attached hydrogens (tertiary/aromatic N) is 3. The van der Waals surface area contributed by atoms with E-state index in [4.69, 9.17) is 26.1 Å². The fourth-order valence-corrected chi connectivity index (χ4v) is 5.06. The van der Waals surface area contributed by atoms with Crippen molar-refractivity contribution in [3.63, 3.8) is 0 Å². The molecule has 1 saturated heterocycles. The van der Waals surface area contributed by atoms with Crippen LogP contribution in [0.1, 0.15) is 5.56 Å². The zero-order valence-corrected chi connectivity index (χ0v) is 17.5. The molecule has 150 valence electrons. The number of para-hydroxylation sites is 2. The minimum Gasteiger partial charge on any atom is -0.485 e. The number of fused-ring (bicyclic) bond motifs is 2. The van der Waals surface area contributed by atoms with Crippen LogP contribution in [0.5, 0.6) is 11.5 Å². The lowest BCUT2D eigenvalue weighted by atomic mass is 10.2. The van der Waals surface area contributed by atoms with Crippen LogP contribution in [0.25, 0.3) is 10.2 Å². The number of piperazine rings is 1. The Labute approximate surface area is 177 Å². The van der Waals surface area contributed by atoms with Crippen LogP contribution in [0.4, 0.5) is 5.13 Å². The molecule has 2 aliphatic rings. The number of halogens is 1. The Kier molecular flexibility index (Phi) is 4.72. The van der Waals surface area contributed by atoms with E-state index < -0.39 is 6.10 Å². The van der Waals surface area contributed by atoms with Crippen LogP contribution >= 0.6 is 22.9 Å². The molecule has 0 aliphatic carbocycles. The molecule has 1 aromatic heterocycles. The van der Waals surface area contributed by atoms with Crippen LogP contribution in [0.3, 0.4) is 0 Å². The number of aryl methyl sites for hydroxylation is 1. The van der Waals surface area contributed by atoms with Gasteiger partial charge in [0, 0.05) is 26.2 Å². The first-order valence-electron chi connectivity index (χ1n) is 9.58. The van der Waals surface area contributed by atoms with Gasteiger partial charge in [0.25, 0.3) is 5.91 Å². The lowest BCUT2D eigenvalue weighted by Crippen LogP contribution is -2.54. The van der Waals surface area contributed by atoms with Crippen molar-refractivity contribution in [3.8, 4) is 11.5 Å². The van der Waals surface area contributed by atoms with Crippen molar-refractivity contribution in [1.29, 1.82) is 0 Å². The van der Waals surface area contributed by atoms with Gasteiger partial charge in [-0.25, -0.2) is 4.98 Å². The van der Waals surface area contributed by atoms with E-state index in [1.807, 2.05) is 48.2 Å². The van der Waals surface area contributed by atoms with Crippen LogP contribution in [0, 0.1) is 6.92 Å². The third kappa shape index (κ3) is 3.38. The summed E-state index contributed by atoms with van der Waals surface area (Å²) in [6, 6.07) is 11.4. The SMILES string of the molecule is Cc1ccc(Cl)c2sc(N3CCN(C(=O)[C@H]4COc5ccccc5O4)CC3)nc12. The highest BCUT2D eigenvalue weighted by Crippen LogP contribution is 2.36. The van der Waals surface area contributed by atoms with Gasteiger partial charge in [0.15, 0.2) is 16.6 Å². The Morgan fingerprint density at radius 3 is 2.66 bits per heavy atom. The van der Waals surface area contributed by atoms with E-state index in [-0.39, 0.29) is 12.5 Å². The number of hydrogen-bond donors (Lipinski definition) is 0. The fraction of sp³-hybridized carbons (Fsp3) is 0.333. The van der Waals surface area contributed by atoms with Crippen LogP contribution in [-0.2, 0) is 4.79 Å². The quantitative estimate of drug-likeness (QED) is 0.621. The predicted octanol–water partition coefficient (Wildman–Crippen LogP) is 3.75. The summed E-state index contributed by atoms with van der Waals surface area (Å²) >= 11 is 7.95. The molecule has 0 spiro atoms. The molecule has 1 atom stereocenters. The molecule has 5 rings (SSSR count). The minimum atomic E-state index is -0.597. The number of rotatable bonds is 2. The normalized spacial score (nSPS) is 18.9. The predicted molar refractivity (Wildman–Crippen MR) is 115 cm³/mol. The van der Waals surface area contributed by atoms with Crippen LogP contribution in [-0.4, -0.2) is 54.7 Å². The lowest BCUT2D eigenvalue weighted by molar-refractivity contribution is -0.141. The zero-order valence-electron chi connectivity index (χ0n) is 15.9. The molecule has 1 fully saturated rings. The second kappa shape index (κ2) is 7.39. The second-order valence-electron chi connectivity index (χ2n) is 7.22. The zero-order chi connectivity index (χ0) is 20.0. The van der Waals surface area contributed by atoms with E-state index in [9.17, 15) is 4.79 Å². The van der Waals surface area contributed by atoms with Gasteiger partial charge in [-0.15, -0.1) is 0 Å². The molecule has 2 aliphatic heterocycles. The molecule has 3 aromatic rings. The van der Waals surface area contributed by atoms with E-state index in [0.717, 1.165) is 39.0 Å². The number of ether oxygens (including phenoxy) is 2. The van der Waals surface area contributed by atoms with Gasteiger partial charge in [-0.05, 0) is 30.7 Å². The highest BCUT2D eigenvalue weighted by Gasteiger charge is 2.33. The Morgan fingerprint density at radius 1 is 1.14 bits per heavy atom. The van der Waals surface area contributed by atoms with Crippen molar-refractivity contribution in [2.75, 3.05) is 37.7 Å². The molecule has 2 aromatic carbocycles.